The third kappa shape index (κ3) is 9.93. The molecule has 2 amide bonds. The molecule has 8 nitrogen and oxygen atoms in total. The van der Waals surface area contributed by atoms with Crippen LogP contribution in [0, 0.1) is 11.8 Å². The molecule has 2 fully saturated rings. The van der Waals surface area contributed by atoms with Crippen molar-refractivity contribution in [2.24, 2.45) is 11.8 Å². The number of likely N-dealkylation sites (tertiary alicyclic amines) is 1. The number of likely N-dealkylation sites (N-methyl/N-ethyl adjacent to an activating group) is 2. The van der Waals surface area contributed by atoms with Crippen LogP contribution in [0.4, 0.5) is 5.69 Å². The number of methoxy groups -OCH3 is 1. The molecule has 2 heterocycles. The minimum absolute atomic E-state index is 0.0104. The monoisotopic (exact) mass is 523 g/mol. The van der Waals surface area contributed by atoms with Gasteiger partial charge in [-0.1, -0.05) is 66.3 Å². The molecule has 0 saturated carbocycles. The Morgan fingerprint density at radius 3 is 2.19 bits per heavy atom. The number of ether oxygens (including phenoxy) is 1. The number of nitrogens with zero attached hydrogens (tertiary/aromatic N) is 2. The van der Waals surface area contributed by atoms with Gasteiger partial charge in [-0.15, -0.1) is 0 Å². The SMILES string of the molecule is CC.CC.CC1CNC1=O.COC(=O)c1cccc(N(C)C(=O)C2CC(SC(=O)C(C)C)CN2C)c1. The summed E-state index contributed by atoms with van der Waals surface area (Å²) in [5, 5.41) is 2.91. The number of esters is 1. The summed E-state index contributed by atoms with van der Waals surface area (Å²) >= 11 is 1.34. The second kappa shape index (κ2) is 17.1. The number of nitrogens with one attached hydrogen (secondary N) is 1. The Balaban J connectivity index is 0.00000104. The fourth-order valence-electron chi connectivity index (χ4n) is 3.33. The standard InChI is InChI=1S/C19H26N2O4S.C4H7NO.2C2H6/c1-12(2)19(24)26-15-10-16(20(3)11-15)17(22)21(4)14-8-6-7-13(9-14)18(23)25-5;1-3-2-5-4(3)6;2*1-2/h6-9,12,15-16H,10-11H2,1-5H3;3H,2H2,1H3,(H,5,6);2*1-2H3. The molecule has 204 valence electrons. The van der Waals surface area contributed by atoms with Crippen molar-refractivity contribution < 1.29 is 23.9 Å². The molecule has 9 heteroatoms. The van der Waals surface area contributed by atoms with E-state index in [1.807, 2.05) is 60.4 Å². The van der Waals surface area contributed by atoms with Gasteiger partial charge in [-0.3, -0.25) is 19.3 Å². The van der Waals surface area contributed by atoms with E-state index in [2.05, 4.69) is 5.32 Å². The molecule has 1 N–H and O–H groups in total. The van der Waals surface area contributed by atoms with Crippen molar-refractivity contribution in [2.75, 3.05) is 39.2 Å². The minimum atomic E-state index is -0.436. The highest BCUT2D eigenvalue weighted by Crippen LogP contribution is 2.30. The van der Waals surface area contributed by atoms with Gasteiger partial charge in [-0.2, -0.15) is 0 Å². The number of carbonyl (C=O) groups is 4. The van der Waals surface area contributed by atoms with Gasteiger partial charge in [0.05, 0.1) is 24.6 Å². The maximum atomic E-state index is 12.9. The first-order valence-electron chi connectivity index (χ1n) is 12.7. The molecule has 2 aliphatic rings. The fourth-order valence-corrected chi connectivity index (χ4v) is 4.52. The molecule has 0 radical (unpaired) electrons. The van der Waals surface area contributed by atoms with Crippen LogP contribution in [0.15, 0.2) is 24.3 Å². The minimum Gasteiger partial charge on any atom is -0.465 e. The molecule has 0 aliphatic carbocycles. The van der Waals surface area contributed by atoms with Gasteiger partial charge >= 0.3 is 5.97 Å². The van der Waals surface area contributed by atoms with Gasteiger partial charge in [0.2, 0.25) is 11.8 Å². The predicted molar refractivity (Wildman–Crippen MR) is 148 cm³/mol. The Morgan fingerprint density at radius 1 is 1.17 bits per heavy atom. The van der Waals surface area contributed by atoms with Crippen molar-refractivity contribution in [3.63, 3.8) is 0 Å². The summed E-state index contributed by atoms with van der Waals surface area (Å²) in [6, 6.07) is 6.53. The first-order valence-corrected chi connectivity index (χ1v) is 13.6. The van der Waals surface area contributed by atoms with Crippen LogP contribution in [0.1, 0.15) is 65.2 Å². The van der Waals surface area contributed by atoms with Crippen LogP contribution in [0.3, 0.4) is 0 Å². The second-order valence-corrected chi connectivity index (χ2v) is 9.79. The predicted octanol–water partition coefficient (Wildman–Crippen LogP) is 4.23. The van der Waals surface area contributed by atoms with E-state index in [0.29, 0.717) is 24.2 Å². The van der Waals surface area contributed by atoms with Gasteiger partial charge in [0.25, 0.3) is 0 Å². The largest absolute Gasteiger partial charge is 0.465 e. The molecule has 0 aromatic heterocycles. The number of hydrogen-bond acceptors (Lipinski definition) is 7. The average molecular weight is 524 g/mol. The van der Waals surface area contributed by atoms with E-state index < -0.39 is 5.97 Å². The molecule has 1 aromatic rings. The molecule has 2 saturated heterocycles. The Kier molecular flexibility index (Phi) is 16.0. The van der Waals surface area contributed by atoms with Gasteiger partial charge < -0.3 is 15.0 Å². The van der Waals surface area contributed by atoms with Gasteiger partial charge in [0.1, 0.15) is 0 Å². The van der Waals surface area contributed by atoms with E-state index in [1.165, 1.54) is 18.9 Å². The first kappa shape index (κ1) is 33.6. The summed E-state index contributed by atoms with van der Waals surface area (Å²) in [5.74, 6) is -0.0206. The number of hydrogen-bond donors (Lipinski definition) is 1. The lowest BCUT2D eigenvalue weighted by Crippen LogP contribution is -2.46. The number of carbonyl (C=O) groups excluding carboxylic acids is 4. The van der Waals surface area contributed by atoms with E-state index in [-0.39, 0.29) is 40.1 Å². The lowest BCUT2D eigenvalue weighted by atomic mass is 10.1. The van der Waals surface area contributed by atoms with Crippen LogP contribution >= 0.6 is 11.8 Å². The van der Waals surface area contributed by atoms with E-state index in [4.69, 9.17) is 4.74 Å². The van der Waals surface area contributed by atoms with Crippen LogP contribution in [0.5, 0.6) is 0 Å². The Morgan fingerprint density at radius 2 is 1.75 bits per heavy atom. The number of rotatable bonds is 5. The normalized spacial score (nSPS) is 20.2. The number of benzene rings is 1. The number of anilines is 1. The van der Waals surface area contributed by atoms with Crippen LogP contribution in [0.2, 0.25) is 0 Å². The molecule has 3 atom stereocenters. The van der Waals surface area contributed by atoms with E-state index >= 15 is 0 Å². The number of amides is 2. The molecule has 36 heavy (non-hydrogen) atoms. The molecule has 3 unspecified atom stereocenters. The maximum Gasteiger partial charge on any atom is 0.337 e. The fraction of sp³-hybridized carbons (Fsp3) is 0.630. The summed E-state index contributed by atoms with van der Waals surface area (Å²) in [6.07, 6.45) is 0.638. The lowest BCUT2D eigenvalue weighted by molar-refractivity contribution is -0.130. The van der Waals surface area contributed by atoms with Crippen LogP contribution in [-0.4, -0.2) is 73.4 Å². The zero-order valence-electron chi connectivity index (χ0n) is 23.6. The van der Waals surface area contributed by atoms with Crippen molar-refractivity contribution in [1.82, 2.24) is 10.2 Å². The quantitative estimate of drug-likeness (QED) is 0.456. The highest BCUT2D eigenvalue weighted by atomic mass is 32.2. The summed E-state index contributed by atoms with van der Waals surface area (Å²) in [4.78, 5) is 50.3. The van der Waals surface area contributed by atoms with E-state index in [1.54, 1.807) is 36.2 Å². The third-order valence-electron chi connectivity index (χ3n) is 5.56. The zero-order valence-corrected chi connectivity index (χ0v) is 24.4. The van der Waals surface area contributed by atoms with Crippen molar-refractivity contribution in [2.45, 2.75) is 66.2 Å². The van der Waals surface area contributed by atoms with Crippen LogP contribution in [-0.2, 0) is 19.1 Å². The molecule has 2 aliphatic heterocycles. The third-order valence-corrected chi connectivity index (χ3v) is 6.94. The van der Waals surface area contributed by atoms with Crippen molar-refractivity contribution >= 4 is 40.3 Å². The Hall–Kier alpha value is -2.39. The topological polar surface area (TPSA) is 96.0 Å². The summed E-state index contributed by atoms with van der Waals surface area (Å²) in [5.41, 5.74) is 1.04. The molecule has 0 bridgehead atoms. The van der Waals surface area contributed by atoms with Crippen LogP contribution < -0.4 is 10.2 Å². The Bertz CT molecular complexity index is 862. The molecule has 1 aromatic carbocycles. The second-order valence-electron chi connectivity index (χ2n) is 8.49. The summed E-state index contributed by atoms with van der Waals surface area (Å²) < 4.78 is 4.73. The summed E-state index contributed by atoms with van der Waals surface area (Å²) in [7, 11) is 4.93. The van der Waals surface area contributed by atoms with Gasteiger partial charge in [0, 0.05) is 37.0 Å². The van der Waals surface area contributed by atoms with Gasteiger partial charge in [0.15, 0.2) is 5.12 Å². The number of β-lactam (4-membered cyclic amide) rings is 1. The van der Waals surface area contributed by atoms with E-state index in [9.17, 15) is 19.2 Å². The molecular weight excluding hydrogens is 478 g/mol. The van der Waals surface area contributed by atoms with Crippen LogP contribution in [0.25, 0.3) is 0 Å². The zero-order chi connectivity index (χ0) is 28.0. The van der Waals surface area contributed by atoms with Crippen molar-refractivity contribution in [3.8, 4) is 0 Å². The average Bonchev–Trinajstić information content (AvgIpc) is 3.28. The molecule has 3 rings (SSSR count). The highest BCUT2D eigenvalue weighted by Gasteiger charge is 2.37. The van der Waals surface area contributed by atoms with Crippen molar-refractivity contribution in [1.29, 1.82) is 0 Å². The first-order chi connectivity index (χ1) is 17.0. The molecule has 0 spiro atoms. The van der Waals surface area contributed by atoms with E-state index in [0.717, 1.165) is 6.54 Å². The Labute approximate surface area is 221 Å². The van der Waals surface area contributed by atoms with Crippen molar-refractivity contribution in [3.05, 3.63) is 29.8 Å². The smallest absolute Gasteiger partial charge is 0.337 e. The summed E-state index contributed by atoms with van der Waals surface area (Å²) in [6.45, 7) is 15.3. The highest BCUT2D eigenvalue weighted by molar-refractivity contribution is 8.14. The lowest BCUT2D eigenvalue weighted by Gasteiger charge is -2.25. The maximum absolute atomic E-state index is 12.9. The number of thioether (sulfide) groups is 1. The van der Waals surface area contributed by atoms with Gasteiger partial charge in [-0.25, -0.2) is 4.79 Å². The van der Waals surface area contributed by atoms with Gasteiger partial charge in [-0.05, 0) is 31.7 Å². The molecular formula is C27H45N3O5S.